The summed E-state index contributed by atoms with van der Waals surface area (Å²) in [4.78, 5) is 21.1. The maximum Gasteiger partial charge on any atom is 0.258 e. The zero-order chi connectivity index (χ0) is 15.4. The van der Waals surface area contributed by atoms with Gasteiger partial charge in [0.1, 0.15) is 11.2 Å². The van der Waals surface area contributed by atoms with Crippen LogP contribution < -0.4 is 10.1 Å². The van der Waals surface area contributed by atoms with E-state index in [1.54, 1.807) is 0 Å². The molecule has 22 heavy (non-hydrogen) atoms. The average Bonchev–Trinajstić information content (AvgIpc) is 3.03. The molecule has 0 bridgehead atoms. The van der Waals surface area contributed by atoms with Gasteiger partial charge >= 0.3 is 0 Å². The maximum absolute atomic E-state index is 12.0. The second-order valence-corrected chi connectivity index (χ2v) is 5.70. The monoisotopic (exact) mass is 313 g/mol. The number of fused-ring (bicyclic) bond motifs is 1. The number of ether oxygens (including phenoxy) is 1. The van der Waals surface area contributed by atoms with Crippen LogP contribution in [0.15, 0.2) is 48.1 Å². The van der Waals surface area contributed by atoms with E-state index in [-0.39, 0.29) is 18.6 Å². The van der Waals surface area contributed by atoms with Crippen LogP contribution in [0, 0.1) is 0 Å². The molecule has 1 N–H and O–H groups in total. The summed E-state index contributed by atoms with van der Waals surface area (Å²) in [5.41, 5.74) is 1.05. The van der Waals surface area contributed by atoms with Crippen molar-refractivity contribution >= 4 is 27.5 Å². The van der Waals surface area contributed by atoms with E-state index in [9.17, 15) is 4.79 Å². The van der Waals surface area contributed by atoms with Gasteiger partial charge in [0.05, 0.1) is 11.4 Å². The summed E-state index contributed by atoms with van der Waals surface area (Å²) < 4.78 is 5.52. The fourth-order valence-electron chi connectivity index (χ4n) is 2.12. The number of nitrogens with one attached hydrogen (secondary N) is 1. The van der Waals surface area contributed by atoms with Crippen LogP contribution in [-0.2, 0) is 4.79 Å². The Kier molecular flexibility index (Phi) is 4.29. The molecule has 5 nitrogen and oxygen atoms in total. The van der Waals surface area contributed by atoms with E-state index in [2.05, 4.69) is 15.3 Å². The highest BCUT2D eigenvalue weighted by atomic mass is 32.1. The number of amides is 1. The van der Waals surface area contributed by atoms with Gasteiger partial charge in [-0.2, -0.15) is 0 Å². The van der Waals surface area contributed by atoms with Crippen molar-refractivity contribution in [3.8, 4) is 5.88 Å². The molecule has 0 aliphatic carbocycles. The van der Waals surface area contributed by atoms with Gasteiger partial charge in [0, 0.05) is 0 Å². The van der Waals surface area contributed by atoms with Crippen LogP contribution in [0.4, 0.5) is 0 Å². The summed E-state index contributed by atoms with van der Waals surface area (Å²) in [6.45, 7) is 1.87. The maximum atomic E-state index is 12.0. The van der Waals surface area contributed by atoms with E-state index in [0.717, 1.165) is 15.8 Å². The van der Waals surface area contributed by atoms with Crippen molar-refractivity contribution in [2.24, 2.45) is 0 Å². The van der Waals surface area contributed by atoms with Gasteiger partial charge < -0.3 is 10.1 Å². The molecular formula is C16H15N3O2S. The fourth-order valence-corrected chi connectivity index (χ4v) is 2.85. The summed E-state index contributed by atoms with van der Waals surface area (Å²) in [6, 6.07) is 11.6. The Balaban J connectivity index is 1.60. The number of carbonyl (C=O) groups is 1. The Morgan fingerprint density at radius 1 is 1.27 bits per heavy atom. The lowest BCUT2D eigenvalue weighted by molar-refractivity contribution is -0.123. The van der Waals surface area contributed by atoms with Gasteiger partial charge in [0.2, 0.25) is 5.88 Å². The van der Waals surface area contributed by atoms with E-state index in [0.29, 0.717) is 5.88 Å². The summed E-state index contributed by atoms with van der Waals surface area (Å²) >= 11 is 1.51. The number of thiophene rings is 1. The van der Waals surface area contributed by atoms with E-state index in [4.69, 9.17) is 4.74 Å². The third-order valence-corrected chi connectivity index (χ3v) is 4.06. The highest BCUT2D eigenvalue weighted by Gasteiger charge is 2.11. The van der Waals surface area contributed by atoms with E-state index >= 15 is 0 Å². The third-order valence-electron chi connectivity index (χ3n) is 3.24. The molecule has 6 heteroatoms. The Bertz CT molecular complexity index is 773. The highest BCUT2D eigenvalue weighted by molar-refractivity contribution is 7.16. The molecule has 0 aliphatic heterocycles. The minimum Gasteiger partial charge on any atom is -0.467 e. The molecule has 0 unspecified atom stereocenters. The zero-order valence-corrected chi connectivity index (χ0v) is 12.8. The summed E-state index contributed by atoms with van der Waals surface area (Å²) in [7, 11) is 0. The first kappa shape index (κ1) is 14.5. The van der Waals surface area contributed by atoms with Crippen LogP contribution in [-0.4, -0.2) is 22.5 Å². The van der Waals surface area contributed by atoms with Crippen LogP contribution >= 0.6 is 11.3 Å². The van der Waals surface area contributed by atoms with Crippen molar-refractivity contribution in [2.45, 2.75) is 13.0 Å². The lowest BCUT2D eigenvalue weighted by Gasteiger charge is -2.14. The summed E-state index contributed by atoms with van der Waals surface area (Å²) in [5.74, 6) is 0.257. The standard InChI is InChI=1S/C16H15N3O2S/c1-11(12-5-3-2-4-6-12)19-14(20)9-21-15-13-7-8-22-16(13)18-10-17-15/h2-8,10-11H,9H2,1H3,(H,19,20)/t11-/m0/s1. The molecule has 1 amide bonds. The molecule has 0 saturated carbocycles. The van der Waals surface area contributed by atoms with Crippen molar-refractivity contribution in [3.05, 3.63) is 53.7 Å². The average molecular weight is 313 g/mol. The first-order valence-corrected chi connectivity index (χ1v) is 7.77. The highest BCUT2D eigenvalue weighted by Crippen LogP contribution is 2.25. The van der Waals surface area contributed by atoms with Crippen LogP contribution in [0.3, 0.4) is 0 Å². The molecular weight excluding hydrogens is 298 g/mol. The number of carbonyl (C=O) groups excluding carboxylic acids is 1. The molecule has 3 aromatic rings. The van der Waals surface area contributed by atoms with Gasteiger partial charge in [-0.25, -0.2) is 9.97 Å². The molecule has 0 radical (unpaired) electrons. The molecule has 2 aromatic heterocycles. The first-order valence-electron chi connectivity index (χ1n) is 6.89. The van der Waals surface area contributed by atoms with E-state index in [1.807, 2.05) is 48.7 Å². The molecule has 112 valence electrons. The van der Waals surface area contributed by atoms with Crippen LogP contribution in [0.2, 0.25) is 0 Å². The lowest BCUT2D eigenvalue weighted by Crippen LogP contribution is -2.31. The molecule has 1 atom stereocenters. The molecule has 0 saturated heterocycles. The van der Waals surface area contributed by atoms with Gasteiger partial charge in [-0.05, 0) is 23.9 Å². The number of rotatable bonds is 5. The second kappa shape index (κ2) is 6.53. The number of nitrogens with zero attached hydrogens (tertiary/aromatic N) is 2. The lowest BCUT2D eigenvalue weighted by atomic mass is 10.1. The summed E-state index contributed by atoms with van der Waals surface area (Å²) in [5, 5.41) is 5.65. The predicted molar refractivity (Wildman–Crippen MR) is 85.9 cm³/mol. The zero-order valence-electron chi connectivity index (χ0n) is 12.0. The van der Waals surface area contributed by atoms with Crippen LogP contribution in [0.25, 0.3) is 10.2 Å². The topological polar surface area (TPSA) is 64.1 Å². The third kappa shape index (κ3) is 3.23. The first-order chi connectivity index (χ1) is 10.7. The van der Waals surface area contributed by atoms with Crippen molar-refractivity contribution in [1.29, 1.82) is 0 Å². The Hall–Kier alpha value is -2.47. The van der Waals surface area contributed by atoms with Gasteiger partial charge in [0.15, 0.2) is 6.61 Å². The van der Waals surface area contributed by atoms with Crippen LogP contribution in [0.1, 0.15) is 18.5 Å². The Labute approximate surface area is 132 Å². The predicted octanol–water partition coefficient (Wildman–Crippen LogP) is 2.95. The minimum atomic E-state index is -0.182. The fraction of sp³-hybridized carbons (Fsp3) is 0.188. The van der Waals surface area contributed by atoms with Gasteiger partial charge in [-0.1, -0.05) is 30.3 Å². The molecule has 0 fully saturated rings. The largest absolute Gasteiger partial charge is 0.467 e. The molecule has 1 aromatic carbocycles. The van der Waals surface area contributed by atoms with Crippen molar-refractivity contribution in [2.75, 3.05) is 6.61 Å². The smallest absolute Gasteiger partial charge is 0.258 e. The van der Waals surface area contributed by atoms with Gasteiger partial charge in [-0.15, -0.1) is 11.3 Å². The molecule has 0 spiro atoms. The normalized spacial score (nSPS) is 12.0. The molecule has 3 rings (SSSR count). The Morgan fingerprint density at radius 3 is 2.91 bits per heavy atom. The van der Waals surface area contributed by atoms with Crippen LogP contribution in [0.5, 0.6) is 5.88 Å². The second-order valence-electron chi connectivity index (χ2n) is 4.81. The van der Waals surface area contributed by atoms with Crippen molar-refractivity contribution in [1.82, 2.24) is 15.3 Å². The van der Waals surface area contributed by atoms with Crippen molar-refractivity contribution in [3.63, 3.8) is 0 Å². The number of aromatic nitrogens is 2. The van der Waals surface area contributed by atoms with E-state index < -0.39 is 0 Å². The number of hydrogen-bond donors (Lipinski definition) is 1. The number of benzene rings is 1. The van der Waals surface area contributed by atoms with Gasteiger partial charge in [-0.3, -0.25) is 4.79 Å². The number of hydrogen-bond acceptors (Lipinski definition) is 5. The van der Waals surface area contributed by atoms with Gasteiger partial charge in [0.25, 0.3) is 5.91 Å². The SMILES string of the molecule is C[C@H](NC(=O)COc1ncnc2sccc12)c1ccccc1. The summed E-state index contributed by atoms with van der Waals surface area (Å²) in [6.07, 6.45) is 1.44. The minimum absolute atomic E-state index is 0.0659. The van der Waals surface area contributed by atoms with Crippen molar-refractivity contribution < 1.29 is 9.53 Å². The molecule has 2 heterocycles. The molecule has 0 aliphatic rings. The quantitative estimate of drug-likeness (QED) is 0.786. The Morgan fingerprint density at radius 2 is 2.09 bits per heavy atom. The van der Waals surface area contributed by atoms with E-state index in [1.165, 1.54) is 17.7 Å².